The summed E-state index contributed by atoms with van der Waals surface area (Å²) in [6.07, 6.45) is 0.373. The van der Waals surface area contributed by atoms with Gasteiger partial charge in [0.25, 0.3) is 11.6 Å². The van der Waals surface area contributed by atoms with Gasteiger partial charge in [0.2, 0.25) is 0 Å². The summed E-state index contributed by atoms with van der Waals surface area (Å²) in [6, 6.07) is 8.19. The summed E-state index contributed by atoms with van der Waals surface area (Å²) in [7, 11) is 1.46. The van der Waals surface area contributed by atoms with Gasteiger partial charge in [-0.15, -0.1) is 0 Å². The van der Waals surface area contributed by atoms with E-state index >= 15 is 0 Å². The molecule has 0 saturated carbocycles. The summed E-state index contributed by atoms with van der Waals surface area (Å²) < 4.78 is 21.3. The van der Waals surface area contributed by atoms with Crippen molar-refractivity contribution in [1.82, 2.24) is 10.1 Å². The van der Waals surface area contributed by atoms with Gasteiger partial charge in [-0.2, -0.15) is 0 Å². The lowest BCUT2D eigenvalue weighted by molar-refractivity contribution is -0.123. The fourth-order valence-corrected chi connectivity index (χ4v) is 3.40. The number of hydrogen-bond donors (Lipinski definition) is 1. The molecule has 10 heteroatoms. The number of pyridine rings is 1. The van der Waals surface area contributed by atoms with Gasteiger partial charge in [-0.05, 0) is 50.6 Å². The molecular weight excluding hydrogens is 450 g/mol. The molecule has 4 rings (SSSR count). The Hall–Kier alpha value is -3.85. The SMILES string of the molecule is COc1cc(Cl)c(C)cc1NC(=O)C(C)OC(=O)c1cc(-c2ccco2)nc2onc(C)c12. The van der Waals surface area contributed by atoms with Gasteiger partial charge in [0, 0.05) is 11.1 Å². The zero-order chi connectivity index (χ0) is 23.7. The van der Waals surface area contributed by atoms with Crippen LogP contribution in [0.5, 0.6) is 5.75 Å². The second-order valence-electron chi connectivity index (χ2n) is 7.32. The number of furan rings is 1. The summed E-state index contributed by atoms with van der Waals surface area (Å²) in [4.78, 5) is 30.1. The smallest absolute Gasteiger partial charge is 0.339 e. The molecule has 170 valence electrons. The first-order valence-corrected chi connectivity index (χ1v) is 10.3. The monoisotopic (exact) mass is 469 g/mol. The van der Waals surface area contributed by atoms with E-state index < -0.39 is 18.0 Å². The second kappa shape index (κ2) is 8.95. The lowest BCUT2D eigenvalue weighted by atomic mass is 10.1. The number of nitrogens with zero attached hydrogens (tertiary/aromatic N) is 2. The van der Waals surface area contributed by atoms with Crippen LogP contribution < -0.4 is 10.1 Å². The molecule has 4 aromatic rings. The molecule has 0 aliphatic heterocycles. The number of esters is 1. The Morgan fingerprint density at radius 1 is 1.21 bits per heavy atom. The van der Waals surface area contributed by atoms with Crippen LogP contribution in [0.3, 0.4) is 0 Å². The molecule has 1 unspecified atom stereocenters. The topological polar surface area (TPSA) is 117 Å². The maximum atomic E-state index is 13.0. The number of amides is 1. The second-order valence-corrected chi connectivity index (χ2v) is 7.73. The van der Waals surface area contributed by atoms with Crippen LogP contribution in [0.4, 0.5) is 5.69 Å². The molecule has 1 N–H and O–H groups in total. The average Bonchev–Trinajstić information content (AvgIpc) is 3.45. The fourth-order valence-electron chi connectivity index (χ4n) is 3.25. The quantitative estimate of drug-likeness (QED) is 0.394. The number of fused-ring (bicyclic) bond motifs is 1. The number of aromatic nitrogens is 2. The van der Waals surface area contributed by atoms with Gasteiger partial charge < -0.3 is 23.7 Å². The minimum absolute atomic E-state index is 0.157. The third-order valence-corrected chi connectivity index (χ3v) is 5.41. The Morgan fingerprint density at radius 2 is 2.00 bits per heavy atom. The highest BCUT2D eigenvalue weighted by Crippen LogP contribution is 2.31. The molecule has 0 aliphatic rings. The van der Waals surface area contributed by atoms with E-state index in [1.807, 2.05) is 0 Å². The van der Waals surface area contributed by atoms with E-state index in [2.05, 4.69) is 15.5 Å². The molecule has 1 aromatic carbocycles. The Morgan fingerprint density at radius 3 is 2.70 bits per heavy atom. The third kappa shape index (κ3) is 4.40. The number of hydrogen-bond acceptors (Lipinski definition) is 8. The van der Waals surface area contributed by atoms with Crippen molar-refractivity contribution in [3.8, 4) is 17.2 Å². The van der Waals surface area contributed by atoms with Crippen molar-refractivity contribution in [3.63, 3.8) is 0 Å². The van der Waals surface area contributed by atoms with Crippen molar-refractivity contribution in [2.75, 3.05) is 12.4 Å². The van der Waals surface area contributed by atoms with E-state index in [-0.39, 0.29) is 11.3 Å². The minimum Gasteiger partial charge on any atom is -0.495 e. The molecule has 0 saturated heterocycles. The Balaban J connectivity index is 1.59. The first-order valence-electron chi connectivity index (χ1n) is 9.95. The van der Waals surface area contributed by atoms with E-state index in [0.29, 0.717) is 39.0 Å². The van der Waals surface area contributed by atoms with E-state index in [4.69, 9.17) is 30.0 Å². The maximum Gasteiger partial charge on any atom is 0.339 e. The summed E-state index contributed by atoms with van der Waals surface area (Å²) >= 11 is 6.11. The zero-order valence-corrected chi connectivity index (χ0v) is 19.0. The molecule has 1 atom stereocenters. The molecule has 0 aliphatic carbocycles. The van der Waals surface area contributed by atoms with Crippen LogP contribution in [0.1, 0.15) is 28.5 Å². The van der Waals surface area contributed by atoms with E-state index in [1.165, 1.54) is 26.4 Å². The third-order valence-electron chi connectivity index (χ3n) is 5.00. The number of halogens is 1. The largest absolute Gasteiger partial charge is 0.495 e. The number of anilines is 1. The van der Waals surface area contributed by atoms with Gasteiger partial charge in [0.05, 0.1) is 35.7 Å². The van der Waals surface area contributed by atoms with E-state index in [9.17, 15) is 9.59 Å². The first-order chi connectivity index (χ1) is 15.8. The van der Waals surface area contributed by atoms with Gasteiger partial charge in [-0.3, -0.25) is 4.79 Å². The number of carbonyl (C=O) groups excluding carboxylic acids is 2. The molecule has 0 radical (unpaired) electrons. The van der Waals surface area contributed by atoms with Gasteiger partial charge in [0.1, 0.15) is 11.4 Å². The van der Waals surface area contributed by atoms with Gasteiger partial charge in [0.15, 0.2) is 11.9 Å². The number of methoxy groups -OCH3 is 1. The number of carbonyl (C=O) groups is 2. The summed E-state index contributed by atoms with van der Waals surface area (Å²) in [6.45, 7) is 4.95. The van der Waals surface area contributed by atoms with Crippen LogP contribution in [0.15, 0.2) is 45.5 Å². The van der Waals surface area contributed by atoms with Crippen molar-refractivity contribution in [3.05, 3.63) is 58.4 Å². The molecule has 0 spiro atoms. The lowest BCUT2D eigenvalue weighted by Crippen LogP contribution is -2.30. The molecule has 0 bridgehead atoms. The maximum absolute atomic E-state index is 13.0. The van der Waals surface area contributed by atoms with Crippen molar-refractivity contribution in [2.24, 2.45) is 0 Å². The highest BCUT2D eigenvalue weighted by Gasteiger charge is 2.25. The van der Waals surface area contributed by atoms with Crippen LogP contribution in [0.2, 0.25) is 5.02 Å². The number of benzene rings is 1. The van der Waals surface area contributed by atoms with Crippen LogP contribution in [0.25, 0.3) is 22.6 Å². The van der Waals surface area contributed by atoms with Gasteiger partial charge in [-0.1, -0.05) is 16.8 Å². The van der Waals surface area contributed by atoms with Crippen LogP contribution >= 0.6 is 11.6 Å². The fraction of sp³-hybridized carbons (Fsp3) is 0.217. The van der Waals surface area contributed by atoms with E-state index in [1.54, 1.807) is 38.1 Å². The van der Waals surface area contributed by atoms with Crippen LogP contribution in [-0.2, 0) is 9.53 Å². The van der Waals surface area contributed by atoms with Gasteiger partial charge >= 0.3 is 5.97 Å². The minimum atomic E-state index is -1.12. The predicted octanol–water partition coefficient (Wildman–Crippen LogP) is 4.95. The zero-order valence-electron chi connectivity index (χ0n) is 18.3. The Labute approximate surface area is 193 Å². The Kier molecular flexibility index (Phi) is 6.06. The van der Waals surface area contributed by atoms with Crippen molar-refractivity contribution in [1.29, 1.82) is 0 Å². The summed E-state index contributed by atoms with van der Waals surface area (Å²) in [5.41, 5.74) is 2.32. The van der Waals surface area contributed by atoms with Crippen molar-refractivity contribution in [2.45, 2.75) is 26.9 Å². The molecule has 3 heterocycles. The molecule has 9 nitrogen and oxygen atoms in total. The normalized spacial score (nSPS) is 11.9. The van der Waals surface area contributed by atoms with Gasteiger partial charge in [-0.25, -0.2) is 9.78 Å². The number of nitrogens with one attached hydrogen (secondary N) is 1. The highest BCUT2D eigenvalue weighted by atomic mass is 35.5. The molecule has 33 heavy (non-hydrogen) atoms. The van der Waals surface area contributed by atoms with Crippen molar-refractivity contribution >= 4 is 40.3 Å². The number of ether oxygens (including phenoxy) is 2. The van der Waals surface area contributed by atoms with Crippen LogP contribution in [-0.4, -0.2) is 35.2 Å². The Bertz CT molecular complexity index is 1350. The predicted molar refractivity (Wildman–Crippen MR) is 120 cm³/mol. The first kappa shape index (κ1) is 22.3. The molecule has 0 fully saturated rings. The standard InChI is InChI=1S/C23H20ClN3O6/c1-11-8-16(19(30-4)10-15(11)24)25-21(28)13(3)32-23(29)14-9-17(18-6-5-7-31-18)26-22-20(14)12(2)27-33-22/h5-10,13H,1-4H3,(H,25,28). The van der Waals surface area contributed by atoms with Crippen LogP contribution in [0, 0.1) is 13.8 Å². The summed E-state index contributed by atoms with van der Waals surface area (Å²) in [5.74, 6) is -0.446. The van der Waals surface area contributed by atoms with E-state index in [0.717, 1.165) is 5.56 Å². The summed E-state index contributed by atoms with van der Waals surface area (Å²) in [5, 5.41) is 7.49. The molecule has 3 aromatic heterocycles. The van der Waals surface area contributed by atoms with Crippen molar-refractivity contribution < 1.29 is 28.0 Å². The lowest BCUT2D eigenvalue weighted by Gasteiger charge is -2.16. The number of aryl methyl sites for hydroxylation is 2. The molecular formula is C23H20ClN3O6. The number of rotatable bonds is 6. The highest BCUT2D eigenvalue weighted by molar-refractivity contribution is 6.31. The average molecular weight is 470 g/mol. The molecule has 1 amide bonds.